The van der Waals surface area contributed by atoms with Gasteiger partial charge in [0.05, 0.1) is 0 Å². The lowest BCUT2D eigenvalue weighted by atomic mass is 9.92. The Morgan fingerprint density at radius 3 is 2.58 bits per heavy atom. The van der Waals surface area contributed by atoms with Crippen LogP contribution in [0.3, 0.4) is 0 Å². The van der Waals surface area contributed by atoms with Crippen molar-refractivity contribution in [2.75, 3.05) is 20.1 Å². The van der Waals surface area contributed by atoms with Crippen LogP contribution in [-0.2, 0) is 0 Å². The smallest absolute Gasteiger partial charge is 0.0300 e. The van der Waals surface area contributed by atoms with E-state index < -0.39 is 0 Å². The van der Waals surface area contributed by atoms with E-state index in [0.717, 1.165) is 6.54 Å². The van der Waals surface area contributed by atoms with Gasteiger partial charge in [-0.05, 0) is 26.8 Å². The fraction of sp³-hybridized carbons (Fsp3) is 1.00. The third-order valence-electron chi connectivity index (χ3n) is 3.44. The predicted molar refractivity (Wildman–Crippen MR) is 53.4 cm³/mol. The number of piperazine rings is 1. The van der Waals surface area contributed by atoms with Gasteiger partial charge in [0.15, 0.2) is 0 Å². The highest BCUT2D eigenvalue weighted by Crippen LogP contribution is 2.21. The molecule has 1 rings (SSSR count). The Morgan fingerprint density at radius 2 is 2.17 bits per heavy atom. The molecule has 0 spiro atoms. The van der Waals surface area contributed by atoms with Crippen LogP contribution >= 0.6 is 0 Å². The number of nitrogens with zero attached hydrogens (tertiary/aromatic N) is 1. The maximum absolute atomic E-state index is 3.60. The van der Waals surface area contributed by atoms with Gasteiger partial charge in [-0.2, -0.15) is 0 Å². The van der Waals surface area contributed by atoms with Crippen molar-refractivity contribution in [1.82, 2.24) is 10.2 Å². The van der Waals surface area contributed by atoms with E-state index in [-0.39, 0.29) is 0 Å². The normalized spacial score (nSPS) is 38.5. The molecule has 1 fully saturated rings. The molecule has 2 atom stereocenters. The summed E-state index contributed by atoms with van der Waals surface area (Å²) in [7, 11) is 2.24. The van der Waals surface area contributed by atoms with Gasteiger partial charge in [0.25, 0.3) is 0 Å². The molecule has 1 aliphatic heterocycles. The molecule has 0 aromatic carbocycles. The average molecular weight is 170 g/mol. The molecule has 2 heteroatoms. The molecule has 1 aliphatic rings. The molecule has 0 aromatic rings. The van der Waals surface area contributed by atoms with Crippen molar-refractivity contribution in [2.45, 2.75) is 45.2 Å². The largest absolute Gasteiger partial charge is 0.311 e. The van der Waals surface area contributed by atoms with Crippen molar-refractivity contribution in [2.24, 2.45) is 0 Å². The molecule has 0 radical (unpaired) electrons. The van der Waals surface area contributed by atoms with E-state index in [1.54, 1.807) is 0 Å². The topological polar surface area (TPSA) is 15.3 Å². The summed E-state index contributed by atoms with van der Waals surface area (Å²) in [6.07, 6.45) is 2.47. The summed E-state index contributed by atoms with van der Waals surface area (Å²) in [5.41, 5.74) is 0.381. The van der Waals surface area contributed by atoms with Gasteiger partial charge in [0.2, 0.25) is 0 Å². The van der Waals surface area contributed by atoms with Gasteiger partial charge in [-0.3, -0.25) is 4.90 Å². The van der Waals surface area contributed by atoms with Crippen molar-refractivity contribution in [1.29, 1.82) is 0 Å². The first kappa shape index (κ1) is 10.0. The molecule has 0 bridgehead atoms. The summed E-state index contributed by atoms with van der Waals surface area (Å²) < 4.78 is 0. The van der Waals surface area contributed by atoms with E-state index in [2.05, 4.69) is 38.0 Å². The number of nitrogens with one attached hydrogen (secondary N) is 1. The molecular formula is C10H22N2. The quantitative estimate of drug-likeness (QED) is 0.675. The molecule has 12 heavy (non-hydrogen) atoms. The minimum absolute atomic E-state index is 0.381. The second kappa shape index (κ2) is 3.75. The Labute approximate surface area is 76.3 Å². The fourth-order valence-electron chi connectivity index (χ4n) is 1.78. The average Bonchev–Trinajstić information content (AvgIpc) is 2.10. The summed E-state index contributed by atoms with van der Waals surface area (Å²) in [5, 5.41) is 3.60. The van der Waals surface area contributed by atoms with Gasteiger partial charge in [-0.1, -0.05) is 13.8 Å². The first-order valence-electron chi connectivity index (χ1n) is 5.07. The lowest BCUT2D eigenvalue weighted by Crippen LogP contribution is -2.61. The van der Waals surface area contributed by atoms with Gasteiger partial charge in [-0.15, -0.1) is 0 Å². The summed E-state index contributed by atoms with van der Waals surface area (Å²) in [5.74, 6) is 0. The molecule has 0 aliphatic carbocycles. The van der Waals surface area contributed by atoms with Crippen LogP contribution in [0, 0.1) is 0 Å². The van der Waals surface area contributed by atoms with Crippen LogP contribution in [0.25, 0.3) is 0 Å². The zero-order valence-corrected chi connectivity index (χ0v) is 8.85. The monoisotopic (exact) mass is 170 g/mol. The second-order valence-electron chi connectivity index (χ2n) is 4.22. The maximum atomic E-state index is 3.60. The Balaban J connectivity index is 2.53. The van der Waals surface area contributed by atoms with Crippen LogP contribution in [0.15, 0.2) is 0 Å². The third kappa shape index (κ3) is 1.80. The van der Waals surface area contributed by atoms with Crippen molar-refractivity contribution < 1.29 is 0 Å². The zero-order valence-electron chi connectivity index (χ0n) is 8.85. The predicted octanol–water partition coefficient (Wildman–Crippen LogP) is 1.47. The molecular weight excluding hydrogens is 148 g/mol. The van der Waals surface area contributed by atoms with Crippen LogP contribution in [0.1, 0.15) is 33.6 Å². The Bertz CT molecular complexity index is 147. The van der Waals surface area contributed by atoms with Crippen molar-refractivity contribution in [3.63, 3.8) is 0 Å². The Kier molecular flexibility index (Phi) is 3.13. The third-order valence-corrected chi connectivity index (χ3v) is 3.44. The minimum Gasteiger partial charge on any atom is -0.311 e. The van der Waals surface area contributed by atoms with E-state index >= 15 is 0 Å². The van der Waals surface area contributed by atoms with Crippen LogP contribution in [0.2, 0.25) is 0 Å². The first-order valence-corrected chi connectivity index (χ1v) is 5.07. The maximum Gasteiger partial charge on any atom is 0.0300 e. The highest BCUT2D eigenvalue weighted by Gasteiger charge is 2.32. The van der Waals surface area contributed by atoms with Crippen molar-refractivity contribution in [3.8, 4) is 0 Å². The Hall–Kier alpha value is -0.0800. The van der Waals surface area contributed by atoms with Crippen LogP contribution < -0.4 is 5.32 Å². The van der Waals surface area contributed by atoms with Crippen LogP contribution in [-0.4, -0.2) is 36.6 Å². The standard InChI is InChI=1S/C10H22N2/c1-5-9-7-12(4)10(3,6-2)8-11-9/h9,11H,5-8H2,1-4H3. The first-order chi connectivity index (χ1) is 5.62. The van der Waals surface area contributed by atoms with Crippen molar-refractivity contribution >= 4 is 0 Å². The fourth-order valence-corrected chi connectivity index (χ4v) is 1.78. The second-order valence-corrected chi connectivity index (χ2v) is 4.22. The molecule has 2 nitrogen and oxygen atoms in total. The van der Waals surface area contributed by atoms with Crippen molar-refractivity contribution in [3.05, 3.63) is 0 Å². The van der Waals surface area contributed by atoms with E-state index in [9.17, 15) is 0 Å². The minimum atomic E-state index is 0.381. The number of likely N-dealkylation sites (N-methyl/N-ethyl adjacent to an activating group) is 1. The van der Waals surface area contributed by atoms with Gasteiger partial charge >= 0.3 is 0 Å². The summed E-state index contributed by atoms with van der Waals surface area (Å²) in [6, 6.07) is 0.703. The number of hydrogen-bond acceptors (Lipinski definition) is 2. The SMILES string of the molecule is CCC1CN(C)C(C)(CC)CN1. The molecule has 0 saturated carbocycles. The molecule has 1 heterocycles. The molecule has 2 unspecified atom stereocenters. The summed E-state index contributed by atoms with van der Waals surface area (Å²) in [4.78, 5) is 2.50. The van der Waals surface area contributed by atoms with E-state index in [0.29, 0.717) is 11.6 Å². The molecule has 0 aromatic heterocycles. The molecule has 72 valence electrons. The molecule has 0 amide bonds. The van der Waals surface area contributed by atoms with Gasteiger partial charge < -0.3 is 5.32 Å². The van der Waals surface area contributed by atoms with Gasteiger partial charge in [0.1, 0.15) is 0 Å². The summed E-state index contributed by atoms with van der Waals surface area (Å²) >= 11 is 0. The van der Waals surface area contributed by atoms with E-state index in [4.69, 9.17) is 0 Å². The molecule has 1 saturated heterocycles. The van der Waals surface area contributed by atoms with Crippen LogP contribution in [0.5, 0.6) is 0 Å². The van der Waals surface area contributed by atoms with Gasteiger partial charge in [0, 0.05) is 24.7 Å². The van der Waals surface area contributed by atoms with E-state index in [1.807, 2.05) is 0 Å². The lowest BCUT2D eigenvalue weighted by Gasteiger charge is -2.45. The number of rotatable bonds is 2. The zero-order chi connectivity index (χ0) is 9.19. The summed E-state index contributed by atoms with van der Waals surface area (Å²) in [6.45, 7) is 9.19. The number of hydrogen-bond donors (Lipinski definition) is 1. The highest BCUT2D eigenvalue weighted by molar-refractivity contribution is 4.92. The van der Waals surface area contributed by atoms with E-state index in [1.165, 1.54) is 19.4 Å². The molecule has 1 N–H and O–H groups in total. The van der Waals surface area contributed by atoms with Gasteiger partial charge in [-0.25, -0.2) is 0 Å². The lowest BCUT2D eigenvalue weighted by molar-refractivity contribution is 0.0746. The Morgan fingerprint density at radius 1 is 1.50 bits per heavy atom. The van der Waals surface area contributed by atoms with Crippen LogP contribution in [0.4, 0.5) is 0 Å². The highest BCUT2D eigenvalue weighted by atomic mass is 15.2.